The second-order valence-corrected chi connectivity index (χ2v) is 4.77. The molecule has 0 aliphatic carbocycles. The molecule has 0 fully saturated rings. The van der Waals surface area contributed by atoms with Gasteiger partial charge in [-0.05, 0) is 11.1 Å². The van der Waals surface area contributed by atoms with Crippen molar-refractivity contribution in [3.8, 4) is 0 Å². The summed E-state index contributed by atoms with van der Waals surface area (Å²) >= 11 is 0. The number of phosphoric acid groups is 1. The molecule has 0 aliphatic rings. The lowest BCUT2D eigenvalue weighted by molar-refractivity contribution is 0.275. The van der Waals surface area contributed by atoms with Crippen molar-refractivity contribution >= 4 is 20.0 Å². The zero-order valence-electron chi connectivity index (χ0n) is 11.5. The molecule has 2 rings (SSSR count). The minimum Gasteiger partial charge on any atom is -0.303 e. The van der Waals surface area contributed by atoms with Crippen molar-refractivity contribution in [2.45, 2.75) is 0 Å². The summed E-state index contributed by atoms with van der Waals surface area (Å²) in [6, 6.07) is 20.1. The van der Waals surface area contributed by atoms with E-state index in [2.05, 4.69) is 13.2 Å². The van der Waals surface area contributed by atoms with Gasteiger partial charge in [0.2, 0.25) is 0 Å². The molecule has 0 bridgehead atoms. The largest absolute Gasteiger partial charge is 0.466 e. The second kappa shape index (κ2) is 10.8. The molecule has 0 unspecified atom stereocenters. The number of rotatable bonds is 2. The maximum absolute atomic E-state index is 8.88. The highest BCUT2D eigenvalue weighted by atomic mass is 31.2. The molecule has 4 nitrogen and oxygen atoms in total. The molecule has 0 saturated heterocycles. The Morgan fingerprint density at radius 1 is 0.714 bits per heavy atom. The molecule has 0 spiro atoms. The summed E-state index contributed by atoms with van der Waals surface area (Å²) in [5.41, 5.74) is 2.35. The van der Waals surface area contributed by atoms with E-state index in [4.69, 9.17) is 19.2 Å². The first-order chi connectivity index (χ1) is 9.86. The quantitative estimate of drug-likeness (QED) is 0.739. The zero-order valence-corrected chi connectivity index (χ0v) is 12.4. The zero-order chi connectivity index (χ0) is 16.1. The maximum atomic E-state index is 8.88. The van der Waals surface area contributed by atoms with Gasteiger partial charge in [-0.3, -0.25) is 0 Å². The van der Waals surface area contributed by atoms with Crippen LogP contribution in [0.4, 0.5) is 0 Å². The average molecular weight is 306 g/mol. The van der Waals surface area contributed by atoms with Gasteiger partial charge in [0, 0.05) is 0 Å². The monoisotopic (exact) mass is 306 g/mol. The lowest BCUT2D eigenvalue weighted by atomic mass is 10.2. The maximum Gasteiger partial charge on any atom is 0.466 e. The first-order valence-electron chi connectivity index (χ1n) is 6.00. The molecular formula is C16H19O4P. The van der Waals surface area contributed by atoms with Crippen LogP contribution in [0.2, 0.25) is 0 Å². The smallest absolute Gasteiger partial charge is 0.303 e. The predicted molar refractivity (Wildman–Crippen MR) is 87.3 cm³/mol. The minimum atomic E-state index is -4.64. The molecule has 0 heterocycles. The fourth-order valence-corrected chi connectivity index (χ4v) is 1.18. The van der Waals surface area contributed by atoms with Crippen LogP contribution in [0.25, 0.3) is 12.2 Å². The third-order valence-electron chi connectivity index (χ3n) is 2.07. The van der Waals surface area contributed by atoms with Crippen molar-refractivity contribution in [1.82, 2.24) is 0 Å². The van der Waals surface area contributed by atoms with Crippen LogP contribution >= 0.6 is 7.82 Å². The van der Waals surface area contributed by atoms with Crippen LogP contribution in [-0.2, 0) is 4.57 Å². The molecule has 0 radical (unpaired) electrons. The minimum absolute atomic E-state index is 1.17. The second-order valence-electron chi connectivity index (χ2n) is 3.74. The number of benzene rings is 2. The third-order valence-corrected chi connectivity index (χ3v) is 2.07. The Morgan fingerprint density at radius 3 is 1.10 bits per heavy atom. The molecule has 0 saturated carbocycles. The molecule has 21 heavy (non-hydrogen) atoms. The molecule has 2 aromatic carbocycles. The molecule has 0 atom stereocenters. The van der Waals surface area contributed by atoms with E-state index in [0.29, 0.717) is 0 Å². The summed E-state index contributed by atoms with van der Waals surface area (Å²) < 4.78 is 8.88. The Morgan fingerprint density at radius 2 is 0.952 bits per heavy atom. The van der Waals surface area contributed by atoms with E-state index in [1.165, 1.54) is 11.1 Å². The fourth-order valence-electron chi connectivity index (χ4n) is 1.18. The highest BCUT2D eigenvalue weighted by Gasteiger charge is 2.00. The van der Waals surface area contributed by atoms with Crippen LogP contribution in [0.15, 0.2) is 73.8 Å². The third kappa shape index (κ3) is 14.3. The van der Waals surface area contributed by atoms with Crippen LogP contribution in [0.5, 0.6) is 0 Å². The van der Waals surface area contributed by atoms with Gasteiger partial charge >= 0.3 is 7.82 Å². The van der Waals surface area contributed by atoms with Gasteiger partial charge in [0.15, 0.2) is 0 Å². The van der Waals surface area contributed by atoms with Gasteiger partial charge in [0.25, 0.3) is 0 Å². The molecule has 112 valence electrons. The average Bonchev–Trinajstić information content (AvgIpc) is 2.48. The Hall–Kier alpha value is -1.97. The summed E-state index contributed by atoms with van der Waals surface area (Å²) in [4.78, 5) is 21.6. The molecule has 0 aromatic heterocycles. The Labute approximate surface area is 125 Å². The van der Waals surface area contributed by atoms with E-state index < -0.39 is 7.82 Å². The fraction of sp³-hybridized carbons (Fsp3) is 0. The van der Waals surface area contributed by atoms with Crippen LogP contribution in [0.3, 0.4) is 0 Å². The normalized spacial score (nSPS) is 9.29. The van der Waals surface area contributed by atoms with E-state index in [1.54, 1.807) is 0 Å². The van der Waals surface area contributed by atoms with Crippen LogP contribution in [0.1, 0.15) is 11.1 Å². The molecule has 5 heteroatoms. The lowest BCUT2D eigenvalue weighted by Crippen LogP contribution is -1.66. The lowest BCUT2D eigenvalue weighted by Gasteiger charge is -1.85. The predicted octanol–water partition coefficient (Wildman–Crippen LogP) is 3.73. The topological polar surface area (TPSA) is 77.8 Å². The van der Waals surface area contributed by atoms with Gasteiger partial charge < -0.3 is 14.7 Å². The standard InChI is InChI=1S/2C8H8.H3O4P/c2*1-2-8-6-4-3-5-7-8;1-5(2,3)4/h2*2-7H,1H2;(H3,1,2,3,4). The van der Waals surface area contributed by atoms with Gasteiger partial charge in [0.1, 0.15) is 0 Å². The van der Waals surface area contributed by atoms with Crippen LogP contribution in [0, 0.1) is 0 Å². The van der Waals surface area contributed by atoms with Crippen molar-refractivity contribution in [3.05, 3.63) is 84.9 Å². The van der Waals surface area contributed by atoms with Gasteiger partial charge in [-0.25, -0.2) is 4.57 Å². The van der Waals surface area contributed by atoms with Gasteiger partial charge in [-0.2, -0.15) is 0 Å². The Balaban J connectivity index is 0.000000296. The summed E-state index contributed by atoms with van der Waals surface area (Å²) in [5, 5.41) is 0. The summed E-state index contributed by atoms with van der Waals surface area (Å²) in [5.74, 6) is 0. The molecule has 2 aromatic rings. The highest BCUT2D eigenvalue weighted by Crippen LogP contribution is 2.25. The Kier molecular flexibility index (Phi) is 9.76. The van der Waals surface area contributed by atoms with Crippen molar-refractivity contribution in [2.24, 2.45) is 0 Å². The van der Waals surface area contributed by atoms with E-state index in [9.17, 15) is 0 Å². The van der Waals surface area contributed by atoms with E-state index >= 15 is 0 Å². The van der Waals surface area contributed by atoms with E-state index in [1.807, 2.05) is 72.8 Å². The van der Waals surface area contributed by atoms with E-state index in [0.717, 1.165) is 0 Å². The first kappa shape index (κ1) is 19.0. The highest BCUT2D eigenvalue weighted by molar-refractivity contribution is 7.45. The van der Waals surface area contributed by atoms with Crippen molar-refractivity contribution in [3.63, 3.8) is 0 Å². The van der Waals surface area contributed by atoms with Crippen LogP contribution < -0.4 is 0 Å². The SMILES string of the molecule is C=Cc1ccccc1.C=Cc1ccccc1.O=P(O)(O)O. The van der Waals surface area contributed by atoms with E-state index in [-0.39, 0.29) is 0 Å². The number of hydrogen-bond donors (Lipinski definition) is 3. The molecule has 0 amide bonds. The summed E-state index contributed by atoms with van der Waals surface area (Å²) in [6.07, 6.45) is 3.67. The first-order valence-corrected chi connectivity index (χ1v) is 7.56. The van der Waals surface area contributed by atoms with Gasteiger partial charge in [-0.15, -0.1) is 0 Å². The van der Waals surface area contributed by atoms with Crippen molar-refractivity contribution in [1.29, 1.82) is 0 Å². The summed E-state index contributed by atoms with van der Waals surface area (Å²) in [7, 11) is -4.64. The Bertz CT molecular complexity index is 510. The molecule has 3 N–H and O–H groups in total. The van der Waals surface area contributed by atoms with Crippen molar-refractivity contribution in [2.75, 3.05) is 0 Å². The van der Waals surface area contributed by atoms with Gasteiger partial charge in [-0.1, -0.05) is 86.0 Å². The summed E-state index contributed by atoms with van der Waals surface area (Å²) in [6.45, 7) is 7.26. The number of hydrogen-bond acceptors (Lipinski definition) is 1. The van der Waals surface area contributed by atoms with Gasteiger partial charge in [0.05, 0.1) is 0 Å². The van der Waals surface area contributed by atoms with Crippen LogP contribution in [-0.4, -0.2) is 14.7 Å². The van der Waals surface area contributed by atoms with Crippen molar-refractivity contribution < 1.29 is 19.2 Å². The molecule has 0 aliphatic heterocycles. The molecular weight excluding hydrogens is 287 g/mol.